The van der Waals surface area contributed by atoms with E-state index in [4.69, 9.17) is 29.4 Å². The van der Waals surface area contributed by atoms with Gasteiger partial charge in [0, 0.05) is 50.0 Å². The number of benzene rings is 6. The lowest BCUT2D eigenvalue weighted by molar-refractivity contribution is -0.151. The van der Waals surface area contributed by atoms with Gasteiger partial charge in [-0.3, -0.25) is 38.5 Å². The van der Waals surface area contributed by atoms with Gasteiger partial charge < -0.3 is 66.2 Å². The van der Waals surface area contributed by atoms with Gasteiger partial charge in [-0.05, 0) is 77.8 Å². The maximum atomic E-state index is 14.0. The molecule has 5 atom stereocenters. The van der Waals surface area contributed by atoms with Gasteiger partial charge in [-0.15, -0.1) is 0 Å². The van der Waals surface area contributed by atoms with E-state index < -0.39 is 109 Å². The number of hydrogen-bond donors (Lipinski definition) is 8. The molecule has 0 spiro atoms. The number of nitrogens with one attached hydrogen (secondary N) is 7. The molecule has 1 aliphatic heterocycles. The van der Waals surface area contributed by atoms with Crippen molar-refractivity contribution >= 4 is 83.0 Å². The van der Waals surface area contributed by atoms with Crippen LogP contribution in [0.1, 0.15) is 89.5 Å². The summed E-state index contributed by atoms with van der Waals surface area (Å²) in [7, 11) is 0. The van der Waals surface area contributed by atoms with Crippen molar-refractivity contribution in [1.82, 2.24) is 31.2 Å². The van der Waals surface area contributed by atoms with E-state index in [9.17, 15) is 52.7 Å². The summed E-state index contributed by atoms with van der Waals surface area (Å²) in [5.74, 6) is -7.16. The normalized spacial score (nSPS) is 13.4. The summed E-state index contributed by atoms with van der Waals surface area (Å²) in [4.78, 5) is 156. The predicted molar refractivity (Wildman–Crippen MR) is 350 cm³/mol. The van der Waals surface area contributed by atoms with E-state index in [0.717, 1.165) is 5.56 Å². The molecule has 0 fully saturated rings. The second kappa shape index (κ2) is 36.5. The van der Waals surface area contributed by atoms with Crippen molar-refractivity contribution in [2.75, 3.05) is 34.4 Å². The van der Waals surface area contributed by atoms with Crippen molar-refractivity contribution in [3.63, 3.8) is 0 Å². The molecule has 1 aromatic heterocycles. The summed E-state index contributed by atoms with van der Waals surface area (Å²) in [5, 5.41) is 16.7. The van der Waals surface area contributed by atoms with E-state index in [1.54, 1.807) is 158 Å². The van der Waals surface area contributed by atoms with Crippen LogP contribution in [-0.2, 0) is 99.9 Å². The van der Waals surface area contributed by atoms with Gasteiger partial charge in [-0.25, -0.2) is 19.2 Å². The van der Waals surface area contributed by atoms with Gasteiger partial charge in [0.05, 0.1) is 6.04 Å². The Labute approximate surface area is 552 Å². The number of esters is 5. The summed E-state index contributed by atoms with van der Waals surface area (Å²) in [6, 6.07) is 43.8. The van der Waals surface area contributed by atoms with Crippen LogP contribution < -0.4 is 48.1 Å². The highest BCUT2D eigenvalue weighted by molar-refractivity contribution is 5.97. The van der Waals surface area contributed by atoms with Gasteiger partial charge in [-0.1, -0.05) is 152 Å². The number of nitrogens with two attached hydrogens (primary N) is 1. The number of nitrogen functional groups attached to an aromatic ring is 1. The van der Waals surface area contributed by atoms with Gasteiger partial charge >= 0.3 is 29.8 Å². The van der Waals surface area contributed by atoms with Crippen LogP contribution in [0.4, 0.5) is 23.1 Å². The zero-order valence-electron chi connectivity index (χ0n) is 52.3. The van der Waals surface area contributed by atoms with E-state index in [1.165, 1.54) is 17.0 Å². The van der Waals surface area contributed by atoms with Crippen LogP contribution in [0, 0.1) is 0 Å². The highest BCUT2D eigenvalue weighted by atomic mass is 16.6. The number of anilines is 4. The fraction of sp³-hybridized carbons (Fsp3) is 0.286. The first-order chi connectivity index (χ1) is 46.6. The molecule has 26 heteroatoms. The van der Waals surface area contributed by atoms with Crippen LogP contribution in [0.15, 0.2) is 181 Å². The molecule has 8 rings (SSSR count). The number of carbonyl (C=O) groups is 10. The van der Waals surface area contributed by atoms with Crippen molar-refractivity contribution < 1.29 is 71.6 Å². The molecule has 96 heavy (non-hydrogen) atoms. The third-order valence-corrected chi connectivity index (χ3v) is 15.1. The Balaban J connectivity index is 0.909. The number of carbonyl (C=O) groups excluding carboxylic acids is 10. The molecular formula is C70H74N10O16. The fourth-order valence-corrected chi connectivity index (χ4v) is 9.88. The molecule has 6 aromatic carbocycles. The maximum absolute atomic E-state index is 14.0. The second-order valence-corrected chi connectivity index (χ2v) is 22.2. The number of rotatable bonds is 35. The van der Waals surface area contributed by atoms with Crippen LogP contribution in [0.25, 0.3) is 0 Å². The molecule has 2 heterocycles. The smallest absolute Gasteiger partial charge is 0.328 e. The van der Waals surface area contributed by atoms with Crippen LogP contribution >= 0.6 is 0 Å². The standard InChI is InChI=1S/C70H74N10O16/c71-70-78-63-62(65(87)79-70)80(45-81)53(39-73-63)38-72-52-28-26-51(27-29-52)64(86)77-57(69(91)96-44-50-24-14-5-15-25-50)32-36-60(84)75-55(67(89)94-42-48-20-10-3-11-21-48)30-34-58(82)74-54(66(88)93-41-47-18-8-2-9-19-47)31-35-59(83)76-56(68(90)95-43-49-22-12-4-13-23-49)33-37-61(85)92-40-46-16-6-1-7-17-46/h1-29,45,53-57,72H,30-44H2,(H,74,82)(H,75,84)(H,76,83)(H,77,86)(H4,71,73,78,79,87)/t53-,54-,55-,56-,57-/m0/s1. The summed E-state index contributed by atoms with van der Waals surface area (Å²) in [6.07, 6.45) is -2.40. The number of ether oxygens (including phenoxy) is 5. The van der Waals surface area contributed by atoms with Crippen molar-refractivity contribution in [3.05, 3.63) is 220 Å². The third kappa shape index (κ3) is 22.6. The lowest BCUT2D eigenvalue weighted by Crippen LogP contribution is -2.50. The molecule has 0 bridgehead atoms. The molecule has 0 unspecified atom stereocenters. The molecule has 0 radical (unpaired) electrons. The predicted octanol–water partition coefficient (Wildman–Crippen LogP) is 5.61. The number of hydrogen-bond acceptors (Lipinski definition) is 20. The van der Waals surface area contributed by atoms with Crippen molar-refractivity contribution in [2.24, 2.45) is 0 Å². The van der Waals surface area contributed by atoms with E-state index in [2.05, 4.69) is 41.9 Å². The zero-order chi connectivity index (χ0) is 68.0. The van der Waals surface area contributed by atoms with Crippen LogP contribution in [-0.4, -0.2) is 113 Å². The summed E-state index contributed by atoms with van der Waals surface area (Å²) < 4.78 is 27.8. The zero-order valence-corrected chi connectivity index (χ0v) is 52.3. The highest BCUT2D eigenvalue weighted by Gasteiger charge is 2.32. The first kappa shape index (κ1) is 70.2. The Hall–Kier alpha value is -11.7. The van der Waals surface area contributed by atoms with Gasteiger partial charge in [-0.2, -0.15) is 4.98 Å². The molecule has 0 saturated heterocycles. The minimum atomic E-state index is -1.48. The first-order valence-electron chi connectivity index (χ1n) is 31.0. The van der Waals surface area contributed by atoms with E-state index in [0.29, 0.717) is 34.4 Å². The number of nitrogens with zero attached hydrogens (tertiary/aromatic N) is 2. The van der Waals surface area contributed by atoms with E-state index in [1.807, 2.05) is 6.07 Å². The summed E-state index contributed by atoms with van der Waals surface area (Å²) >= 11 is 0. The number of fused-ring (bicyclic) bond motifs is 1. The molecule has 0 aliphatic carbocycles. The van der Waals surface area contributed by atoms with Gasteiger partial charge in [0.25, 0.3) is 11.5 Å². The van der Waals surface area contributed by atoms with Crippen molar-refractivity contribution in [2.45, 2.75) is 115 Å². The topological polar surface area (TPSA) is 364 Å². The minimum absolute atomic E-state index is 0.00784. The van der Waals surface area contributed by atoms with Crippen molar-refractivity contribution in [1.29, 1.82) is 0 Å². The average Bonchev–Trinajstić information content (AvgIpc) is 0.789. The Morgan fingerprint density at radius 3 is 1.22 bits per heavy atom. The third-order valence-electron chi connectivity index (χ3n) is 15.1. The Morgan fingerprint density at radius 1 is 0.490 bits per heavy atom. The number of amides is 5. The molecule has 500 valence electrons. The molecule has 0 saturated carbocycles. The van der Waals surface area contributed by atoms with Gasteiger partial charge in [0.15, 0.2) is 11.5 Å². The van der Waals surface area contributed by atoms with Crippen LogP contribution in [0.5, 0.6) is 0 Å². The number of aromatic nitrogens is 2. The maximum Gasteiger partial charge on any atom is 0.328 e. The monoisotopic (exact) mass is 1310 g/mol. The molecule has 9 N–H and O–H groups in total. The van der Waals surface area contributed by atoms with Gasteiger partial charge in [0.2, 0.25) is 30.1 Å². The number of H-pyrrole nitrogens is 1. The fourth-order valence-electron chi connectivity index (χ4n) is 9.88. The van der Waals surface area contributed by atoms with Crippen LogP contribution in [0.2, 0.25) is 0 Å². The summed E-state index contributed by atoms with van der Waals surface area (Å²) in [5.41, 5.74) is 9.04. The average molecular weight is 1310 g/mol. The highest BCUT2D eigenvalue weighted by Crippen LogP contribution is 2.26. The summed E-state index contributed by atoms with van der Waals surface area (Å²) in [6.45, 7) is -0.310. The van der Waals surface area contributed by atoms with Crippen molar-refractivity contribution in [3.8, 4) is 0 Å². The van der Waals surface area contributed by atoms with E-state index >= 15 is 0 Å². The number of aromatic amines is 1. The Kier molecular flexibility index (Phi) is 26.7. The van der Waals surface area contributed by atoms with Gasteiger partial charge in [0.1, 0.15) is 57.2 Å². The molecule has 5 amide bonds. The molecule has 1 aliphatic rings. The Bertz CT molecular complexity index is 3810. The lowest BCUT2D eigenvalue weighted by atomic mass is 10.1. The van der Waals surface area contributed by atoms with E-state index in [-0.39, 0.29) is 101 Å². The molecule has 26 nitrogen and oxygen atoms in total. The molecular weight excluding hydrogens is 1240 g/mol. The quantitative estimate of drug-likeness (QED) is 0.0136. The largest absolute Gasteiger partial charge is 0.461 e. The lowest BCUT2D eigenvalue weighted by Gasteiger charge is -2.34. The first-order valence-corrected chi connectivity index (χ1v) is 31.0. The van der Waals surface area contributed by atoms with Crippen LogP contribution in [0.3, 0.4) is 0 Å². The molecule has 7 aromatic rings. The minimum Gasteiger partial charge on any atom is -0.461 e. The SMILES string of the molecule is Nc1nc2c(c(=O)[nH]1)N(C=O)[C@@H](CNc1ccc(C(=O)N[C@@H](CCC(=O)N[C@@H](CCC(=O)N[C@@H](CCC(=O)N[C@@H](CCC(=O)OCc3ccccc3)C(=O)OCc3ccccc3)C(=O)OCc3ccccc3)C(=O)OCc3ccccc3)C(=O)OCc3ccccc3)cc1)CN2. The second-order valence-electron chi connectivity index (χ2n) is 22.2. The Morgan fingerprint density at radius 2 is 0.844 bits per heavy atom.